The van der Waals surface area contributed by atoms with Gasteiger partial charge in [0.1, 0.15) is 6.10 Å². The number of nitrogens with zero attached hydrogens (tertiary/aromatic N) is 1. The Bertz CT molecular complexity index is 617. The molecule has 2 saturated heterocycles. The van der Waals surface area contributed by atoms with Gasteiger partial charge in [0.25, 0.3) is 11.8 Å². The number of anilines is 1. The number of benzene rings is 1. The maximum atomic E-state index is 12.7. The molecule has 138 valence electrons. The highest BCUT2D eigenvalue weighted by Crippen LogP contribution is 2.22. The van der Waals surface area contributed by atoms with Gasteiger partial charge in [-0.2, -0.15) is 11.8 Å². The molecule has 0 radical (unpaired) electrons. The molecule has 6 nitrogen and oxygen atoms in total. The first-order valence-electron chi connectivity index (χ1n) is 8.26. The average molecular weight is 386 g/mol. The van der Waals surface area contributed by atoms with Gasteiger partial charge in [-0.05, 0) is 24.6 Å². The van der Waals surface area contributed by atoms with Crippen LogP contribution in [0.5, 0.6) is 0 Å². The first-order valence-corrected chi connectivity index (χ1v) is 9.42. The molecule has 2 aliphatic heterocycles. The van der Waals surface area contributed by atoms with Gasteiger partial charge in [-0.15, -0.1) is 12.4 Å². The zero-order chi connectivity index (χ0) is 16.9. The summed E-state index contributed by atoms with van der Waals surface area (Å²) in [6.45, 7) is 5.24. The second kappa shape index (κ2) is 9.43. The van der Waals surface area contributed by atoms with Crippen LogP contribution in [0.4, 0.5) is 5.69 Å². The highest BCUT2D eigenvalue weighted by Gasteiger charge is 2.24. The van der Waals surface area contributed by atoms with Crippen molar-refractivity contribution in [1.29, 1.82) is 0 Å². The molecule has 0 aromatic heterocycles. The third-order valence-corrected chi connectivity index (χ3v) is 5.28. The van der Waals surface area contributed by atoms with Crippen LogP contribution in [-0.2, 0) is 9.53 Å². The second-order valence-electron chi connectivity index (χ2n) is 5.94. The Labute approximate surface area is 158 Å². The molecule has 1 atom stereocenters. The van der Waals surface area contributed by atoms with Crippen LogP contribution in [0.3, 0.4) is 0 Å². The van der Waals surface area contributed by atoms with Gasteiger partial charge in [0.15, 0.2) is 0 Å². The van der Waals surface area contributed by atoms with Gasteiger partial charge >= 0.3 is 0 Å². The smallest absolute Gasteiger partial charge is 0.254 e. The van der Waals surface area contributed by atoms with Crippen molar-refractivity contribution in [2.24, 2.45) is 0 Å². The molecule has 2 amide bonds. The van der Waals surface area contributed by atoms with Crippen molar-refractivity contribution in [1.82, 2.24) is 10.2 Å². The van der Waals surface area contributed by atoms with Crippen LogP contribution in [0, 0.1) is 6.92 Å². The highest BCUT2D eigenvalue weighted by atomic mass is 35.5. The van der Waals surface area contributed by atoms with E-state index >= 15 is 0 Å². The predicted molar refractivity (Wildman–Crippen MR) is 103 cm³/mol. The van der Waals surface area contributed by atoms with Gasteiger partial charge in [-0.1, -0.05) is 6.07 Å². The third kappa shape index (κ3) is 4.88. The van der Waals surface area contributed by atoms with Crippen molar-refractivity contribution >= 4 is 41.7 Å². The number of hydrogen-bond acceptors (Lipinski definition) is 5. The Balaban J connectivity index is 0.00000225. The molecule has 0 spiro atoms. The first-order chi connectivity index (χ1) is 11.7. The largest absolute Gasteiger partial charge is 0.366 e. The van der Waals surface area contributed by atoms with Gasteiger partial charge in [0.2, 0.25) is 0 Å². The molecule has 25 heavy (non-hydrogen) atoms. The fourth-order valence-corrected chi connectivity index (χ4v) is 3.79. The summed E-state index contributed by atoms with van der Waals surface area (Å²) in [5.41, 5.74) is 2.13. The number of carbonyl (C=O) groups excluding carboxylic acids is 2. The molecule has 2 aliphatic rings. The van der Waals surface area contributed by atoms with Crippen molar-refractivity contribution in [2.45, 2.75) is 13.0 Å². The molecular weight excluding hydrogens is 362 g/mol. The number of thioether (sulfide) groups is 1. The Morgan fingerprint density at radius 1 is 1.32 bits per heavy atom. The molecule has 8 heteroatoms. The van der Waals surface area contributed by atoms with E-state index in [0.717, 1.165) is 36.7 Å². The topological polar surface area (TPSA) is 70.7 Å². The molecule has 1 unspecified atom stereocenters. The van der Waals surface area contributed by atoms with Crippen molar-refractivity contribution < 1.29 is 14.3 Å². The van der Waals surface area contributed by atoms with Gasteiger partial charge in [-0.25, -0.2) is 0 Å². The summed E-state index contributed by atoms with van der Waals surface area (Å²) in [6.07, 6.45) is -0.489. The van der Waals surface area contributed by atoms with E-state index in [-0.39, 0.29) is 24.2 Å². The number of amides is 2. The molecule has 2 fully saturated rings. The van der Waals surface area contributed by atoms with E-state index in [4.69, 9.17) is 4.74 Å². The van der Waals surface area contributed by atoms with Crippen molar-refractivity contribution in [3.05, 3.63) is 29.3 Å². The second-order valence-corrected chi connectivity index (χ2v) is 7.16. The van der Waals surface area contributed by atoms with Crippen LogP contribution in [0.1, 0.15) is 15.9 Å². The molecule has 0 saturated carbocycles. The molecule has 1 aromatic rings. The van der Waals surface area contributed by atoms with Gasteiger partial charge < -0.3 is 20.3 Å². The van der Waals surface area contributed by atoms with E-state index < -0.39 is 6.10 Å². The van der Waals surface area contributed by atoms with Crippen LogP contribution in [-0.4, -0.2) is 67.1 Å². The minimum atomic E-state index is -0.489. The number of nitrogens with one attached hydrogen (secondary N) is 2. The summed E-state index contributed by atoms with van der Waals surface area (Å²) in [4.78, 5) is 26.9. The molecule has 0 bridgehead atoms. The van der Waals surface area contributed by atoms with Crippen LogP contribution in [0.15, 0.2) is 18.2 Å². The number of rotatable bonds is 3. The van der Waals surface area contributed by atoms with Crippen molar-refractivity contribution in [2.75, 3.05) is 49.6 Å². The Kier molecular flexibility index (Phi) is 7.56. The van der Waals surface area contributed by atoms with E-state index in [2.05, 4.69) is 10.6 Å². The average Bonchev–Trinajstić information content (AvgIpc) is 2.64. The summed E-state index contributed by atoms with van der Waals surface area (Å²) in [5, 5.41) is 6.04. The van der Waals surface area contributed by atoms with Crippen LogP contribution >= 0.6 is 24.2 Å². The molecule has 2 heterocycles. The van der Waals surface area contributed by atoms with Gasteiger partial charge in [0, 0.05) is 48.9 Å². The lowest BCUT2D eigenvalue weighted by Crippen LogP contribution is -2.45. The number of morpholine rings is 1. The summed E-state index contributed by atoms with van der Waals surface area (Å²) in [7, 11) is 0. The zero-order valence-electron chi connectivity index (χ0n) is 14.2. The summed E-state index contributed by atoms with van der Waals surface area (Å²) < 4.78 is 5.47. The lowest BCUT2D eigenvalue weighted by atomic mass is 10.0. The highest BCUT2D eigenvalue weighted by molar-refractivity contribution is 7.99. The van der Waals surface area contributed by atoms with E-state index in [0.29, 0.717) is 24.4 Å². The Morgan fingerprint density at radius 3 is 2.76 bits per heavy atom. The maximum absolute atomic E-state index is 12.7. The van der Waals surface area contributed by atoms with Gasteiger partial charge in [0.05, 0.1) is 6.61 Å². The minimum Gasteiger partial charge on any atom is -0.366 e. The Hall–Kier alpha value is -1.28. The predicted octanol–water partition coefficient (Wildman–Crippen LogP) is 1.53. The maximum Gasteiger partial charge on any atom is 0.254 e. The number of carbonyl (C=O) groups is 2. The molecular formula is C17H24ClN3O3S. The third-order valence-electron chi connectivity index (χ3n) is 4.34. The van der Waals surface area contributed by atoms with Crippen molar-refractivity contribution in [3.63, 3.8) is 0 Å². The van der Waals surface area contributed by atoms with E-state index in [1.165, 1.54) is 0 Å². The quantitative estimate of drug-likeness (QED) is 0.825. The lowest BCUT2D eigenvalue weighted by Gasteiger charge is -2.27. The fraction of sp³-hybridized carbons (Fsp3) is 0.529. The number of ether oxygens (including phenoxy) is 1. The standard InChI is InChI=1S/C17H23N3O3S.ClH/c1-12-13(17(22)20-6-9-24-10-7-20)3-2-4-14(12)19-16(21)15-11-18-5-8-23-15;/h2-4,15,18H,5-11H2,1H3,(H,19,21);1H. The van der Waals surface area contributed by atoms with E-state index in [9.17, 15) is 9.59 Å². The van der Waals surface area contributed by atoms with E-state index in [1.54, 1.807) is 0 Å². The normalized spacial score (nSPS) is 20.5. The number of halogens is 1. The number of hydrogen-bond donors (Lipinski definition) is 2. The van der Waals surface area contributed by atoms with E-state index in [1.807, 2.05) is 41.8 Å². The minimum absolute atomic E-state index is 0. The summed E-state index contributed by atoms with van der Waals surface area (Å²) in [6, 6.07) is 5.47. The fourth-order valence-electron chi connectivity index (χ4n) is 2.89. The first kappa shape index (κ1) is 20.0. The van der Waals surface area contributed by atoms with Crippen molar-refractivity contribution in [3.8, 4) is 0 Å². The van der Waals surface area contributed by atoms with Crippen LogP contribution < -0.4 is 10.6 Å². The summed E-state index contributed by atoms with van der Waals surface area (Å²) >= 11 is 1.87. The zero-order valence-corrected chi connectivity index (χ0v) is 15.9. The SMILES string of the molecule is Cc1c(NC(=O)C2CNCCO2)cccc1C(=O)N1CCSCC1.Cl. The van der Waals surface area contributed by atoms with Crippen LogP contribution in [0.2, 0.25) is 0 Å². The molecule has 1 aromatic carbocycles. The van der Waals surface area contributed by atoms with Crippen LogP contribution in [0.25, 0.3) is 0 Å². The Morgan fingerprint density at radius 2 is 2.08 bits per heavy atom. The molecule has 0 aliphatic carbocycles. The summed E-state index contributed by atoms with van der Waals surface area (Å²) in [5.74, 6) is 1.82. The monoisotopic (exact) mass is 385 g/mol. The lowest BCUT2D eigenvalue weighted by molar-refractivity contribution is -0.128. The van der Waals surface area contributed by atoms with Gasteiger partial charge in [-0.3, -0.25) is 9.59 Å². The molecule has 3 rings (SSSR count). The molecule has 2 N–H and O–H groups in total.